The van der Waals surface area contributed by atoms with Crippen molar-refractivity contribution in [3.05, 3.63) is 82.9 Å². The molecule has 0 fully saturated rings. The zero-order valence-corrected chi connectivity index (χ0v) is 20.7. The van der Waals surface area contributed by atoms with Crippen molar-refractivity contribution in [2.24, 2.45) is 0 Å². The van der Waals surface area contributed by atoms with Crippen LogP contribution in [0, 0.1) is 11.6 Å². The maximum absolute atomic E-state index is 14.4. The van der Waals surface area contributed by atoms with Gasteiger partial charge in [-0.3, -0.25) is 14.5 Å². The molecule has 0 aliphatic heterocycles. The molecule has 0 bridgehead atoms. The van der Waals surface area contributed by atoms with Gasteiger partial charge in [0, 0.05) is 5.69 Å². The van der Waals surface area contributed by atoms with Crippen molar-refractivity contribution < 1.29 is 27.8 Å². The van der Waals surface area contributed by atoms with Crippen LogP contribution in [-0.2, 0) is 9.53 Å². The molecule has 0 heterocycles. The van der Waals surface area contributed by atoms with E-state index in [9.17, 15) is 18.4 Å². The molecule has 0 spiro atoms. The van der Waals surface area contributed by atoms with E-state index in [1.165, 1.54) is 0 Å². The molecule has 0 unspecified atom stereocenters. The largest absolute Gasteiger partial charge is 0.492 e. The lowest BCUT2D eigenvalue weighted by atomic mass is 10.0. The van der Waals surface area contributed by atoms with Gasteiger partial charge in [0.2, 0.25) is 0 Å². The third kappa shape index (κ3) is 6.57. The van der Waals surface area contributed by atoms with E-state index in [2.05, 4.69) is 0 Å². The van der Waals surface area contributed by atoms with Gasteiger partial charge in [0.05, 0.1) is 11.6 Å². The molecule has 3 aromatic carbocycles. The predicted octanol–water partition coefficient (Wildman–Crippen LogP) is 6.67. The second kappa shape index (κ2) is 10.9. The molecule has 0 aromatic heterocycles. The number of anilines is 1. The van der Waals surface area contributed by atoms with Crippen LogP contribution in [0.15, 0.2) is 60.7 Å². The Labute approximate surface area is 208 Å². The molecule has 3 aromatic rings. The summed E-state index contributed by atoms with van der Waals surface area (Å²) in [6.45, 7) is 6.82. The molecule has 0 N–H and O–H groups in total. The SMILES string of the molecule is CCOc1ccc(-c2cccc(N(CC(=O)OC(C)(C)C)C(=O)c3c(F)cccc3F)c2)cc1Cl. The molecule has 0 aliphatic carbocycles. The highest BCUT2D eigenvalue weighted by Gasteiger charge is 2.28. The highest BCUT2D eigenvalue weighted by Crippen LogP contribution is 2.32. The molecule has 1 amide bonds. The average molecular weight is 502 g/mol. The quantitative estimate of drug-likeness (QED) is 0.339. The third-order valence-electron chi connectivity index (χ3n) is 4.85. The van der Waals surface area contributed by atoms with Gasteiger partial charge in [0.15, 0.2) is 0 Å². The molecular formula is C27H26ClF2NO4. The van der Waals surface area contributed by atoms with Crippen molar-refractivity contribution in [1.82, 2.24) is 0 Å². The summed E-state index contributed by atoms with van der Waals surface area (Å²) in [6.07, 6.45) is 0. The number of benzene rings is 3. The maximum Gasteiger partial charge on any atom is 0.326 e. The van der Waals surface area contributed by atoms with Gasteiger partial charge >= 0.3 is 5.97 Å². The Morgan fingerprint density at radius 1 is 0.943 bits per heavy atom. The first-order chi connectivity index (χ1) is 16.5. The van der Waals surface area contributed by atoms with E-state index in [-0.39, 0.29) is 5.69 Å². The van der Waals surface area contributed by atoms with Crippen LogP contribution in [0.5, 0.6) is 5.75 Å². The fourth-order valence-electron chi connectivity index (χ4n) is 3.43. The molecule has 0 atom stereocenters. The average Bonchev–Trinajstić information content (AvgIpc) is 2.77. The highest BCUT2D eigenvalue weighted by atomic mass is 35.5. The van der Waals surface area contributed by atoms with Crippen LogP contribution in [0.2, 0.25) is 5.02 Å². The number of esters is 1. The van der Waals surface area contributed by atoms with Crippen molar-refractivity contribution in [2.75, 3.05) is 18.1 Å². The van der Waals surface area contributed by atoms with Crippen molar-refractivity contribution >= 4 is 29.2 Å². The summed E-state index contributed by atoms with van der Waals surface area (Å²) >= 11 is 6.32. The molecule has 5 nitrogen and oxygen atoms in total. The first kappa shape index (κ1) is 26.2. The Balaban J connectivity index is 2.04. The summed E-state index contributed by atoms with van der Waals surface area (Å²) < 4.78 is 39.7. The number of amides is 1. The number of ether oxygens (including phenoxy) is 2. The first-order valence-electron chi connectivity index (χ1n) is 11.0. The van der Waals surface area contributed by atoms with Crippen LogP contribution >= 0.6 is 11.6 Å². The lowest BCUT2D eigenvalue weighted by Crippen LogP contribution is -2.39. The van der Waals surface area contributed by atoms with E-state index in [0.717, 1.165) is 28.7 Å². The van der Waals surface area contributed by atoms with Crippen molar-refractivity contribution in [2.45, 2.75) is 33.3 Å². The number of nitrogens with zero attached hydrogens (tertiary/aromatic N) is 1. The monoisotopic (exact) mass is 501 g/mol. The number of rotatable bonds is 7. The van der Waals surface area contributed by atoms with Crippen molar-refractivity contribution in [1.29, 1.82) is 0 Å². The Bertz CT molecular complexity index is 1220. The van der Waals surface area contributed by atoms with Gasteiger partial charge in [-0.2, -0.15) is 0 Å². The van der Waals surface area contributed by atoms with Crippen LogP contribution in [0.1, 0.15) is 38.1 Å². The lowest BCUT2D eigenvalue weighted by Gasteiger charge is -2.26. The molecule has 184 valence electrons. The standard InChI is InChI=1S/C27H26ClF2NO4/c1-5-34-23-13-12-18(15-20(23)28)17-8-6-9-19(14-17)31(16-24(32)35-27(2,3)4)26(33)25-21(29)10-7-11-22(25)30/h6-15H,5,16H2,1-4H3. The molecule has 8 heteroatoms. The minimum atomic E-state index is -1.03. The van der Waals surface area contributed by atoms with E-state index in [1.54, 1.807) is 63.2 Å². The Morgan fingerprint density at radius 3 is 2.17 bits per heavy atom. The van der Waals surface area contributed by atoms with Gasteiger partial charge < -0.3 is 9.47 Å². The topological polar surface area (TPSA) is 55.8 Å². The molecule has 0 saturated heterocycles. The number of halogens is 3. The molecule has 3 rings (SSSR count). The van der Waals surface area contributed by atoms with Crippen LogP contribution < -0.4 is 9.64 Å². The van der Waals surface area contributed by atoms with Gasteiger partial charge in [-0.25, -0.2) is 8.78 Å². The van der Waals surface area contributed by atoms with Crippen LogP contribution in [0.3, 0.4) is 0 Å². The smallest absolute Gasteiger partial charge is 0.326 e. The first-order valence-corrected chi connectivity index (χ1v) is 11.4. The zero-order valence-electron chi connectivity index (χ0n) is 19.9. The Kier molecular flexibility index (Phi) is 8.12. The number of hydrogen-bond donors (Lipinski definition) is 0. The summed E-state index contributed by atoms with van der Waals surface area (Å²) in [5.74, 6) is -3.26. The summed E-state index contributed by atoms with van der Waals surface area (Å²) in [6, 6.07) is 15.0. The van der Waals surface area contributed by atoms with E-state index in [1.807, 2.05) is 6.92 Å². The maximum atomic E-state index is 14.4. The zero-order chi connectivity index (χ0) is 25.8. The predicted molar refractivity (Wildman–Crippen MR) is 132 cm³/mol. The van der Waals surface area contributed by atoms with Crippen LogP contribution in [-0.4, -0.2) is 30.6 Å². The minimum Gasteiger partial charge on any atom is -0.492 e. The van der Waals surface area contributed by atoms with Gasteiger partial charge in [-0.1, -0.05) is 35.9 Å². The van der Waals surface area contributed by atoms with Crippen LogP contribution in [0.4, 0.5) is 14.5 Å². The van der Waals surface area contributed by atoms with E-state index in [4.69, 9.17) is 21.1 Å². The molecule has 0 saturated carbocycles. The summed E-state index contributed by atoms with van der Waals surface area (Å²) in [5.41, 5.74) is 0.0812. The fourth-order valence-corrected chi connectivity index (χ4v) is 3.66. The minimum absolute atomic E-state index is 0.256. The molecular weight excluding hydrogens is 476 g/mol. The normalized spacial score (nSPS) is 11.2. The second-order valence-electron chi connectivity index (χ2n) is 8.70. The summed E-state index contributed by atoms with van der Waals surface area (Å²) in [4.78, 5) is 26.9. The van der Waals surface area contributed by atoms with Gasteiger partial charge in [0.1, 0.15) is 35.1 Å². The summed E-state index contributed by atoms with van der Waals surface area (Å²) in [5, 5.41) is 0.407. The lowest BCUT2D eigenvalue weighted by molar-refractivity contribution is -0.152. The van der Waals surface area contributed by atoms with Gasteiger partial charge in [-0.15, -0.1) is 0 Å². The Morgan fingerprint density at radius 2 is 1.57 bits per heavy atom. The Hall–Kier alpha value is -3.45. The van der Waals surface area contributed by atoms with Crippen molar-refractivity contribution in [3.63, 3.8) is 0 Å². The van der Waals surface area contributed by atoms with Gasteiger partial charge in [0.25, 0.3) is 5.91 Å². The second-order valence-corrected chi connectivity index (χ2v) is 9.11. The molecule has 0 aliphatic rings. The van der Waals surface area contributed by atoms with Crippen molar-refractivity contribution in [3.8, 4) is 16.9 Å². The molecule has 35 heavy (non-hydrogen) atoms. The highest BCUT2D eigenvalue weighted by molar-refractivity contribution is 6.32. The van der Waals surface area contributed by atoms with E-state index < -0.39 is 41.2 Å². The van der Waals surface area contributed by atoms with E-state index in [0.29, 0.717) is 22.9 Å². The van der Waals surface area contributed by atoms with Gasteiger partial charge in [-0.05, 0) is 75.2 Å². The summed E-state index contributed by atoms with van der Waals surface area (Å²) in [7, 11) is 0. The van der Waals surface area contributed by atoms with Crippen LogP contribution in [0.25, 0.3) is 11.1 Å². The molecule has 0 radical (unpaired) electrons. The fraction of sp³-hybridized carbons (Fsp3) is 0.259. The number of carbonyl (C=O) groups excluding carboxylic acids is 2. The number of carbonyl (C=O) groups is 2. The number of hydrogen-bond acceptors (Lipinski definition) is 4. The third-order valence-corrected chi connectivity index (χ3v) is 5.15. The van der Waals surface area contributed by atoms with E-state index >= 15 is 0 Å².